The molecule has 0 heterocycles. The number of rotatable bonds is 4. The van der Waals surface area contributed by atoms with Crippen molar-refractivity contribution in [2.24, 2.45) is 0 Å². The number of hydrogen-bond donors (Lipinski definition) is 2. The number of aromatic carboxylic acids is 1. The Bertz CT molecular complexity index is 545. The van der Waals surface area contributed by atoms with Crippen LogP contribution in [0.4, 0.5) is 5.69 Å². The second-order valence-electron chi connectivity index (χ2n) is 2.96. The number of nitrogens with zero attached hydrogens (tertiary/aromatic N) is 1. The van der Waals surface area contributed by atoms with E-state index in [0.717, 1.165) is 18.2 Å². The van der Waals surface area contributed by atoms with E-state index in [0.29, 0.717) is 0 Å². The highest BCUT2D eigenvalue weighted by atomic mass is 32.2. The van der Waals surface area contributed by atoms with Gasteiger partial charge in [0, 0.05) is 6.07 Å². The number of benzene rings is 1. The van der Waals surface area contributed by atoms with E-state index in [1.165, 1.54) is 0 Å². The van der Waals surface area contributed by atoms with Crippen LogP contribution in [0.5, 0.6) is 0 Å². The normalized spacial score (nSPS) is 11.1. The molecule has 8 nitrogen and oxygen atoms in total. The highest BCUT2D eigenvalue weighted by molar-refractivity contribution is 7.91. The molecule has 0 aliphatic rings. The van der Waals surface area contributed by atoms with Crippen LogP contribution in [0.1, 0.15) is 10.4 Å². The molecule has 0 unspecified atom stereocenters. The van der Waals surface area contributed by atoms with Crippen LogP contribution in [0.25, 0.3) is 0 Å². The van der Waals surface area contributed by atoms with Gasteiger partial charge in [-0.25, -0.2) is 13.2 Å². The molecule has 0 aliphatic heterocycles. The standard InChI is InChI=1S/C8H7NO7S/c10-4-17(15,16)7-5(8(11)12)2-1-3-6(7)9(13)14/h1-3,10H,4H2,(H,11,12). The van der Waals surface area contributed by atoms with Crippen LogP contribution in [0.3, 0.4) is 0 Å². The summed E-state index contributed by atoms with van der Waals surface area (Å²) in [4.78, 5) is 19.4. The van der Waals surface area contributed by atoms with Gasteiger partial charge in [0.15, 0.2) is 4.90 Å². The Morgan fingerprint density at radius 3 is 2.41 bits per heavy atom. The lowest BCUT2D eigenvalue weighted by Crippen LogP contribution is -2.14. The lowest BCUT2D eigenvalue weighted by molar-refractivity contribution is -0.387. The third-order valence-electron chi connectivity index (χ3n) is 1.90. The first-order chi connectivity index (χ1) is 7.81. The lowest BCUT2D eigenvalue weighted by Gasteiger charge is -2.05. The van der Waals surface area contributed by atoms with Gasteiger partial charge in [-0.3, -0.25) is 10.1 Å². The van der Waals surface area contributed by atoms with E-state index in [1.807, 2.05) is 0 Å². The van der Waals surface area contributed by atoms with Crippen LogP contribution in [0.15, 0.2) is 23.1 Å². The number of carbonyl (C=O) groups is 1. The summed E-state index contributed by atoms with van der Waals surface area (Å²) in [6.07, 6.45) is 0. The van der Waals surface area contributed by atoms with Crippen LogP contribution in [-0.2, 0) is 9.84 Å². The van der Waals surface area contributed by atoms with Crippen molar-refractivity contribution in [2.75, 3.05) is 5.94 Å². The fourth-order valence-corrected chi connectivity index (χ4v) is 2.31. The number of nitro groups is 1. The van der Waals surface area contributed by atoms with E-state index < -0.39 is 42.8 Å². The number of hydrogen-bond acceptors (Lipinski definition) is 6. The highest BCUT2D eigenvalue weighted by Gasteiger charge is 2.31. The first kappa shape index (κ1) is 13.1. The monoisotopic (exact) mass is 261 g/mol. The highest BCUT2D eigenvalue weighted by Crippen LogP contribution is 2.28. The van der Waals surface area contributed by atoms with Gasteiger partial charge < -0.3 is 10.2 Å². The fraction of sp³-hybridized carbons (Fsp3) is 0.125. The van der Waals surface area contributed by atoms with Crippen molar-refractivity contribution >= 4 is 21.5 Å². The maximum atomic E-state index is 11.4. The second kappa shape index (κ2) is 4.47. The molecule has 0 spiro atoms. The van der Waals surface area contributed by atoms with Crippen molar-refractivity contribution in [3.05, 3.63) is 33.9 Å². The van der Waals surface area contributed by atoms with E-state index in [4.69, 9.17) is 10.2 Å². The van der Waals surface area contributed by atoms with E-state index in [9.17, 15) is 23.3 Å². The SMILES string of the molecule is O=C(O)c1cccc([N+](=O)[O-])c1S(=O)(=O)CO. The largest absolute Gasteiger partial charge is 0.478 e. The number of aliphatic hydroxyl groups is 1. The summed E-state index contributed by atoms with van der Waals surface area (Å²) >= 11 is 0. The molecule has 17 heavy (non-hydrogen) atoms. The zero-order chi connectivity index (χ0) is 13.2. The Balaban J connectivity index is 3.74. The number of sulfone groups is 1. The summed E-state index contributed by atoms with van der Waals surface area (Å²) in [6, 6.07) is 2.82. The first-order valence-electron chi connectivity index (χ1n) is 4.15. The Hall–Kier alpha value is -2.00. The number of carboxylic acids is 1. The van der Waals surface area contributed by atoms with Crippen molar-refractivity contribution in [3.63, 3.8) is 0 Å². The van der Waals surface area contributed by atoms with Gasteiger partial charge in [-0.15, -0.1) is 0 Å². The minimum atomic E-state index is -4.42. The van der Waals surface area contributed by atoms with E-state index in [1.54, 1.807) is 0 Å². The fourth-order valence-electron chi connectivity index (χ4n) is 1.23. The molecule has 0 atom stereocenters. The van der Waals surface area contributed by atoms with Crippen molar-refractivity contribution in [2.45, 2.75) is 4.90 Å². The average Bonchev–Trinajstić information content (AvgIpc) is 2.27. The predicted octanol–water partition coefficient (Wildman–Crippen LogP) is 0.0165. The number of carboxylic acid groups (broad SMARTS) is 1. The van der Waals surface area contributed by atoms with Gasteiger partial charge in [0.25, 0.3) is 5.69 Å². The van der Waals surface area contributed by atoms with E-state index in [2.05, 4.69) is 0 Å². The van der Waals surface area contributed by atoms with Crippen molar-refractivity contribution in [3.8, 4) is 0 Å². The number of aliphatic hydroxyl groups excluding tert-OH is 1. The third-order valence-corrected chi connectivity index (χ3v) is 3.29. The molecule has 0 bridgehead atoms. The first-order valence-corrected chi connectivity index (χ1v) is 5.81. The summed E-state index contributed by atoms with van der Waals surface area (Å²) in [5.41, 5.74) is -1.62. The molecule has 0 fully saturated rings. The molecule has 1 aromatic carbocycles. The maximum Gasteiger partial charge on any atom is 0.337 e. The van der Waals surface area contributed by atoms with Gasteiger partial charge in [0.1, 0.15) is 5.94 Å². The molecule has 0 saturated carbocycles. The summed E-state index contributed by atoms with van der Waals surface area (Å²) in [7, 11) is -4.42. The Morgan fingerprint density at radius 1 is 1.41 bits per heavy atom. The van der Waals surface area contributed by atoms with Gasteiger partial charge in [-0.1, -0.05) is 6.07 Å². The molecule has 0 amide bonds. The van der Waals surface area contributed by atoms with E-state index >= 15 is 0 Å². The van der Waals surface area contributed by atoms with Crippen LogP contribution in [-0.4, -0.2) is 35.5 Å². The average molecular weight is 261 g/mol. The van der Waals surface area contributed by atoms with Gasteiger partial charge in [-0.2, -0.15) is 0 Å². The third kappa shape index (κ3) is 2.40. The molecule has 2 N–H and O–H groups in total. The van der Waals surface area contributed by atoms with Gasteiger partial charge in [0.05, 0.1) is 10.5 Å². The van der Waals surface area contributed by atoms with Crippen LogP contribution < -0.4 is 0 Å². The van der Waals surface area contributed by atoms with Crippen LogP contribution in [0.2, 0.25) is 0 Å². The summed E-state index contributed by atoms with van der Waals surface area (Å²) in [5, 5.41) is 28.0. The molecule has 92 valence electrons. The predicted molar refractivity (Wildman–Crippen MR) is 54.3 cm³/mol. The molecule has 1 aromatic rings. The Morgan fingerprint density at radius 2 is 2.00 bits per heavy atom. The van der Waals surface area contributed by atoms with Crippen LogP contribution >= 0.6 is 0 Å². The summed E-state index contributed by atoms with van der Waals surface area (Å²) < 4.78 is 22.9. The van der Waals surface area contributed by atoms with Gasteiger partial charge in [-0.05, 0) is 6.07 Å². The molecular formula is C8H7NO7S. The number of nitro benzene ring substituents is 1. The molecule has 1 rings (SSSR count). The molecular weight excluding hydrogens is 254 g/mol. The summed E-state index contributed by atoms with van der Waals surface area (Å²) in [5.74, 6) is -3.03. The van der Waals surface area contributed by atoms with E-state index in [-0.39, 0.29) is 0 Å². The molecule has 9 heteroatoms. The van der Waals surface area contributed by atoms with Crippen molar-refractivity contribution in [1.29, 1.82) is 0 Å². The smallest absolute Gasteiger partial charge is 0.337 e. The topological polar surface area (TPSA) is 135 Å². The Kier molecular flexibility index (Phi) is 3.44. The zero-order valence-corrected chi connectivity index (χ0v) is 9.05. The molecule has 0 radical (unpaired) electrons. The molecule has 0 aromatic heterocycles. The minimum absolute atomic E-state index is 0.742. The minimum Gasteiger partial charge on any atom is -0.478 e. The van der Waals surface area contributed by atoms with Gasteiger partial charge >= 0.3 is 5.97 Å². The van der Waals surface area contributed by atoms with Crippen molar-refractivity contribution < 1.29 is 28.3 Å². The summed E-state index contributed by atoms with van der Waals surface area (Å²) in [6.45, 7) is 0. The molecule has 0 aliphatic carbocycles. The van der Waals surface area contributed by atoms with Crippen molar-refractivity contribution in [1.82, 2.24) is 0 Å². The second-order valence-corrected chi connectivity index (χ2v) is 4.86. The Labute approximate surface area is 95.2 Å². The van der Waals surface area contributed by atoms with Crippen LogP contribution in [0, 0.1) is 10.1 Å². The quantitative estimate of drug-likeness (QED) is 0.575. The lowest BCUT2D eigenvalue weighted by atomic mass is 10.2. The zero-order valence-electron chi connectivity index (χ0n) is 8.23. The maximum absolute atomic E-state index is 11.4. The van der Waals surface area contributed by atoms with Gasteiger partial charge in [0.2, 0.25) is 9.84 Å². The molecule has 0 saturated heterocycles.